The van der Waals surface area contributed by atoms with Crippen molar-refractivity contribution in [1.29, 1.82) is 5.26 Å². The predicted octanol–water partition coefficient (Wildman–Crippen LogP) is 1.18. The maximum atomic E-state index is 8.93. The fraction of sp³-hybridized carbons (Fsp3) is 0.412. The summed E-state index contributed by atoms with van der Waals surface area (Å²) in [5.41, 5.74) is 2.51. The second-order valence-corrected chi connectivity index (χ2v) is 5.87. The fourth-order valence-corrected chi connectivity index (χ4v) is 2.62. The number of rotatable bonds is 7. The van der Waals surface area contributed by atoms with Crippen LogP contribution in [0.25, 0.3) is 0 Å². The Bertz CT molecular complexity index is 684. The van der Waals surface area contributed by atoms with Crippen molar-refractivity contribution in [1.82, 2.24) is 10.5 Å². The lowest BCUT2D eigenvalue weighted by molar-refractivity contribution is -0.0755. The van der Waals surface area contributed by atoms with Crippen molar-refractivity contribution in [2.75, 3.05) is 19.8 Å². The van der Waals surface area contributed by atoms with Gasteiger partial charge in [-0.25, -0.2) is 0 Å². The summed E-state index contributed by atoms with van der Waals surface area (Å²) in [5.74, 6) is 0.699. The quantitative estimate of drug-likeness (QED) is 0.797. The van der Waals surface area contributed by atoms with Gasteiger partial charge in [-0.05, 0) is 17.7 Å². The second-order valence-electron chi connectivity index (χ2n) is 5.87. The van der Waals surface area contributed by atoms with E-state index in [1.807, 2.05) is 30.3 Å². The van der Waals surface area contributed by atoms with Crippen LogP contribution in [0.15, 0.2) is 34.9 Å². The number of nitrogens with zero attached hydrogens (tertiary/aromatic N) is 2. The summed E-state index contributed by atoms with van der Waals surface area (Å²) in [7, 11) is 0. The molecule has 1 saturated heterocycles. The molecule has 6 nitrogen and oxygen atoms in total. The van der Waals surface area contributed by atoms with Crippen LogP contribution < -0.4 is 5.32 Å². The SMILES string of the molecule is N#Cc1ccc(CNC2(Cc3cc(CCO)on3)COC2)cc1. The van der Waals surface area contributed by atoms with Crippen LogP contribution in [0.5, 0.6) is 0 Å². The molecule has 6 heteroatoms. The van der Waals surface area contributed by atoms with E-state index < -0.39 is 0 Å². The summed E-state index contributed by atoms with van der Waals surface area (Å²) in [6.07, 6.45) is 1.20. The van der Waals surface area contributed by atoms with Gasteiger partial charge in [0.1, 0.15) is 5.76 Å². The minimum atomic E-state index is -0.138. The Morgan fingerprint density at radius 3 is 2.70 bits per heavy atom. The van der Waals surface area contributed by atoms with E-state index in [1.54, 1.807) is 0 Å². The first kappa shape index (κ1) is 15.7. The molecule has 0 amide bonds. The van der Waals surface area contributed by atoms with Crippen molar-refractivity contribution >= 4 is 0 Å². The van der Waals surface area contributed by atoms with Gasteiger partial charge in [0, 0.05) is 25.5 Å². The Morgan fingerprint density at radius 2 is 2.09 bits per heavy atom. The van der Waals surface area contributed by atoms with Crippen LogP contribution in [0.2, 0.25) is 0 Å². The van der Waals surface area contributed by atoms with Crippen molar-refractivity contribution in [3.63, 3.8) is 0 Å². The third kappa shape index (κ3) is 3.77. The Balaban J connectivity index is 1.60. The van der Waals surface area contributed by atoms with Gasteiger partial charge in [-0.1, -0.05) is 17.3 Å². The molecule has 1 fully saturated rings. The van der Waals surface area contributed by atoms with Gasteiger partial charge < -0.3 is 19.7 Å². The number of hydrogen-bond donors (Lipinski definition) is 2. The van der Waals surface area contributed by atoms with E-state index in [9.17, 15) is 0 Å². The number of ether oxygens (including phenoxy) is 1. The number of nitrogens with one attached hydrogen (secondary N) is 1. The highest BCUT2D eigenvalue weighted by Crippen LogP contribution is 2.23. The molecule has 3 rings (SSSR count). The van der Waals surface area contributed by atoms with E-state index in [4.69, 9.17) is 19.6 Å². The topological polar surface area (TPSA) is 91.3 Å². The molecule has 1 aromatic heterocycles. The van der Waals surface area contributed by atoms with Crippen molar-refractivity contribution in [2.45, 2.75) is 24.9 Å². The zero-order valence-electron chi connectivity index (χ0n) is 12.8. The van der Waals surface area contributed by atoms with Crippen molar-refractivity contribution < 1.29 is 14.4 Å². The number of aromatic nitrogens is 1. The maximum Gasteiger partial charge on any atom is 0.139 e. The monoisotopic (exact) mass is 313 g/mol. The van der Waals surface area contributed by atoms with Crippen LogP contribution in [-0.4, -0.2) is 35.6 Å². The molecule has 0 unspecified atom stereocenters. The lowest BCUT2D eigenvalue weighted by Crippen LogP contribution is -2.61. The largest absolute Gasteiger partial charge is 0.396 e. The first-order valence-corrected chi connectivity index (χ1v) is 7.60. The fourth-order valence-electron chi connectivity index (χ4n) is 2.62. The smallest absolute Gasteiger partial charge is 0.139 e. The highest BCUT2D eigenvalue weighted by molar-refractivity contribution is 5.31. The minimum Gasteiger partial charge on any atom is -0.396 e. The zero-order chi connectivity index (χ0) is 16.1. The lowest BCUT2D eigenvalue weighted by atomic mass is 9.90. The average Bonchev–Trinajstić information content (AvgIpc) is 2.98. The molecule has 23 heavy (non-hydrogen) atoms. The average molecular weight is 313 g/mol. The lowest BCUT2D eigenvalue weighted by Gasteiger charge is -2.42. The maximum absolute atomic E-state index is 8.93. The van der Waals surface area contributed by atoms with E-state index in [0.717, 1.165) is 17.7 Å². The molecule has 2 N–H and O–H groups in total. The van der Waals surface area contributed by atoms with Crippen LogP contribution in [0.1, 0.15) is 22.6 Å². The van der Waals surface area contributed by atoms with Crippen LogP contribution in [0.4, 0.5) is 0 Å². The molecule has 0 saturated carbocycles. The van der Waals surface area contributed by atoms with Gasteiger partial charge in [-0.3, -0.25) is 0 Å². The summed E-state index contributed by atoms with van der Waals surface area (Å²) >= 11 is 0. The van der Waals surface area contributed by atoms with Gasteiger partial charge >= 0.3 is 0 Å². The number of benzene rings is 1. The second kappa shape index (κ2) is 6.92. The molecular formula is C17H19N3O3. The van der Waals surface area contributed by atoms with E-state index in [1.165, 1.54) is 0 Å². The molecule has 1 aromatic carbocycles. The van der Waals surface area contributed by atoms with Crippen LogP contribution >= 0.6 is 0 Å². The predicted molar refractivity (Wildman–Crippen MR) is 82.5 cm³/mol. The van der Waals surface area contributed by atoms with Crippen LogP contribution in [0, 0.1) is 11.3 Å². The van der Waals surface area contributed by atoms with Gasteiger partial charge in [0.25, 0.3) is 0 Å². The van der Waals surface area contributed by atoms with E-state index in [-0.39, 0.29) is 12.1 Å². The van der Waals surface area contributed by atoms with Crippen LogP contribution in [-0.2, 0) is 24.1 Å². The highest BCUT2D eigenvalue weighted by Gasteiger charge is 2.39. The molecule has 1 aliphatic rings. The highest BCUT2D eigenvalue weighted by atomic mass is 16.5. The van der Waals surface area contributed by atoms with Gasteiger partial charge in [0.2, 0.25) is 0 Å². The Morgan fingerprint density at radius 1 is 1.30 bits per heavy atom. The molecule has 2 aromatic rings. The zero-order valence-corrected chi connectivity index (χ0v) is 12.8. The summed E-state index contributed by atoms with van der Waals surface area (Å²) in [5, 5.41) is 25.4. The van der Waals surface area contributed by atoms with Crippen molar-refractivity contribution in [2.24, 2.45) is 0 Å². The van der Waals surface area contributed by atoms with Crippen molar-refractivity contribution in [3.8, 4) is 6.07 Å². The number of nitriles is 1. The van der Waals surface area contributed by atoms with E-state index in [0.29, 0.717) is 37.5 Å². The molecule has 1 aliphatic heterocycles. The Kier molecular flexibility index (Phi) is 4.72. The molecular weight excluding hydrogens is 294 g/mol. The summed E-state index contributed by atoms with van der Waals surface area (Å²) < 4.78 is 10.6. The Labute approximate surface area is 134 Å². The minimum absolute atomic E-state index is 0.0554. The number of hydrogen-bond acceptors (Lipinski definition) is 6. The van der Waals surface area contributed by atoms with Gasteiger partial charge in [0.15, 0.2) is 0 Å². The van der Waals surface area contributed by atoms with E-state index in [2.05, 4.69) is 16.5 Å². The Hall–Kier alpha value is -2.20. The van der Waals surface area contributed by atoms with Crippen LogP contribution in [0.3, 0.4) is 0 Å². The van der Waals surface area contributed by atoms with Gasteiger partial charge in [-0.2, -0.15) is 5.26 Å². The van der Waals surface area contributed by atoms with Gasteiger partial charge in [-0.15, -0.1) is 0 Å². The first-order valence-electron chi connectivity index (χ1n) is 7.60. The molecule has 0 radical (unpaired) electrons. The standard InChI is InChI=1S/C17H19N3O3/c18-9-13-1-3-14(4-2-13)10-19-17(11-22-12-17)8-15-7-16(5-6-21)23-20-15/h1-4,7,19,21H,5-6,8,10-12H2. The third-order valence-electron chi connectivity index (χ3n) is 3.99. The molecule has 0 atom stereocenters. The first-order chi connectivity index (χ1) is 11.2. The molecule has 2 heterocycles. The molecule has 120 valence electrons. The molecule has 0 bridgehead atoms. The van der Waals surface area contributed by atoms with E-state index >= 15 is 0 Å². The number of aliphatic hydroxyl groups is 1. The van der Waals surface area contributed by atoms with Gasteiger partial charge in [0.05, 0.1) is 42.7 Å². The summed E-state index contributed by atoms with van der Waals surface area (Å²) in [6, 6.07) is 11.5. The third-order valence-corrected chi connectivity index (χ3v) is 3.99. The normalized spacial score (nSPS) is 15.8. The number of aliphatic hydroxyl groups excluding tert-OH is 1. The van der Waals surface area contributed by atoms with Crippen molar-refractivity contribution in [3.05, 3.63) is 52.9 Å². The molecule has 0 spiro atoms. The summed E-state index contributed by atoms with van der Waals surface area (Å²) in [4.78, 5) is 0. The molecule has 0 aliphatic carbocycles. The summed E-state index contributed by atoms with van der Waals surface area (Å²) in [6.45, 7) is 2.02.